The second-order valence-corrected chi connectivity index (χ2v) is 5.57. The van der Waals surface area contributed by atoms with E-state index in [1.807, 2.05) is 30.3 Å². The molecule has 1 atom stereocenters. The van der Waals surface area contributed by atoms with Crippen LogP contribution in [0.3, 0.4) is 0 Å². The molecule has 2 aromatic carbocycles. The first-order valence-electron chi connectivity index (χ1n) is 7.47. The monoisotopic (exact) mass is 300 g/mol. The third-order valence-electron chi connectivity index (χ3n) is 3.91. The first-order chi connectivity index (χ1) is 10.6. The van der Waals surface area contributed by atoms with Gasteiger partial charge in [0.05, 0.1) is 21.3 Å². The fraction of sp³-hybridized carbons (Fsp3) is 0.368. The Bertz CT molecular complexity index is 620. The van der Waals surface area contributed by atoms with Crippen LogP contribution < -0.4 is 14.2 Å². The molecular formula is C19H24O3. The first kappa shape index (κ1) is 16.2. The Kier molecular flexibility index (Phi) is 5.31. The molecule has 0 bridgehead atoms. The van der Waals surface area contributed by atoms with Gasteiger partial charge in [-0.15, -0.1) is 0 Å². The molecule has 0 saturated heterocycles. The Morgan fingerprint density at radius 3 is 1.95 bits per heavy atom. The van der Waals surface area contributed by atoms with Gasteiger partial charge in [-0.3, -0.25) is 0 Å². The van der Waals surface area contributed by atoms with Crippen LogP contribution in [0.5, 0.6) is 17.2 Å². The summed E-state index contributed by atoms with van der Waals surface area (Å²) in [5.41, 5.74) is 2.27. The second kappa shape index (κ2) is 7.21. The molecule has 0 N–H and O–H groups in total. The summed E-state index contributed by atoms with van der Waals surface area (Å²) in [5.74, 6) is 3.14. The van der Waals surface area contributed by atoms with Crippen LogP contribution in [0.15, 0.2) is 42.5 Å². The van der Waals surface area contributed by atoms with Gasteiger partial charge >= 0.3 is 0 Å². The molecule has 2 aromatic rings. The number of hydrogen-bond acceptors (Lipinski definition) is 3. The predicted molar refractivity (Wildman–Crippen MR) is 89.2 cm³/mol. The van der Waals surface area contributed by atoms with Gasteiger partial charge in [-0.25, -0.2) is 0 Å². The third kappa shape index (κ3) is 3.19. The maximum absolute atomic E-state index is 5.57. The van der Waals surface area contributed by atoms with E-state index < -0.39 is 0 Å². The Labute approximate surface area is 132 Å². The second-order valence-electron chi connectivity index (χ2n) is 5.57. The van der Waals surface area contributed by atoms with Crippen LogP contribution in [-0.2, 0) is 0 Å². The van der Waals surface area contributed by atoms with Gasteiger partial charge in [-0.05, 0) is 30.2 Å². The van der Waals surface area contributed by atoms with E-state index in [2.05, 4.69) is 26.0 Å². The minimum Gasteiger partial charge on any atom is -0.497 e. The molecule has 118 valence electrons. The highest BCUT2D eigenvalue weighted by molar-refractivity contribution is 5.50. The minimum atomic E-state index is 0.168. The number of ether oxygens (including phenoxy) is 3. The van der Waals surface area contributed by atoms with Crippen molar-refractivity contribution in [1.29, 1.82) is 0 Å². The van der Waals surface area contributed by atoms with Crippen LogP contribution in [0.1, 0.15) is 30.9 Å². The SMILES string of the molecule is COc1ccc(OC)c(C(c2ccccc2OC)C(C)C)c1. The summed E-state index contributed by atoms with van der Waals surface area (Å²) in [6.07, 6.45) is 0. The van der Waals surface area contributed by atoms with Gasteiger partial charge in [-0.2, -0.15) is 0 Å². The average molecular weight is 300 g/mol. The van der Waals surface area contributed by atoms with Crippen LogP contribution in [-0.4, -0.2) is 21.3 Å². The Morgan fingerprint density at radius 1 is 0.727 bits per heavy atom. The Morgan fingerprint density at radius 2 is 1.36 bits per heavy atom. The van der Waals surface area contributed by atoms with Crippen LogP contribution in [0.4, 0.5) is 0 Å². The molecule has 0 spiro atoms. The van der Waals surface area contributed by atoms with Gasteiger partial charge in [0, 0.05) is 17.0 Å². The highest BCUT2D eigenvalue weighted by Crippen LogP contribution is 2.42. The number of benzene rings is 2. The number of rotatable bonds is 6. The maximum atomic E-state index is 5.57. The fourth-order valence-corrected chi connectivity index (χ4v) is 2.89. The summed E-state index contributed by atoms with van der Waals surface area (Å²) in [5, 5.41) is 0. The van der Waals surface area contributed by atoms with Crippen molar-refractivity contribution in [2.45, 2.75) is 19.8 Å². The molecule has 0 radical (unpaired) electrons. The Balaban J connectivity index is 2.62. The quantitative estimate of drug-likeness (QED) is 0.786. The largest absolute Gasteiger partial charge is 0.497 e. The summed E-state index contributed by atoms with van der Waals surface area (Å²) in [4.78, 5) is 0. The summed E-state index contributed by atoms with van der Waals surface area (Å²) < 4.78 is 16.5. The van der Waals surface area contributed by atoms with Gasteiger partial charge < -0.3 is 14.2 Å². The van der Waals surface area contributed by atoms with Gasteiger partial charge in [0.2, 0.25) is 0 Å². The topological polar surface area (TPSA) is 27.7 Å². The van der Waals surface area contributed by atoms with E-state index in [0.29, 0.717) is 5.92 Å². The molecule has 0 saturated carbocycles. The molecule has 0 heterocycles. The molecule has 0 amide bonds. The van der Waals surface area contributed by atoms with E-state index in [1.165, 1.54) is 0 Å². The lowest BCUT2D eigenvalue weighted by atomic mass is 9.81. The zero-order chi connectivity index (χ0) is 16.1. The fourth-order valence-electron chi connectivity index (χ4n) is 2.89. The van der Waals surface area contributed by atoms with Crippen LogP contribution in [0.25, 0.3) is 0 Å². The molecule has 0 aliphatic heterocycles. The van der Waals surface area contributed by atoms with Crippen molar-refractivity contribution in [2.24, 2.45) is 5.92 Å². The summed E-state index contributed by atoms with van der Waals surface area (Å²) in [6.45, 7) is 4.41. The number of para-hydroxylation sites is 1. The lowest BCUT2D eigenvalue weighted by molar-refractivity contribution is 0.384. The molecule has 0 aliphatic rings. The Hall–Kier alpha value is -2.16. The summed E-state index contributed by atoms with van der Waals surface area (Å²) in [6, 6.07) is 14.1. The number of methoxy groups -OCH3 is 3. The molecule has 2 rings (SSSR count). The summed E-state index contributed by atoms with van der Waals surface area (Å²) >= 11 is 0. The van der Waals surface area contributed by atoms with E-state index >= 15 is 0 Å². The molecule has 1 unspecified atom stereocenters. The zero-order valence-corrected chi connectivity index (χ0v) is 13.9. The summed E-state index contributed by atoms with van der Waals surface area (Å²) in [7, 11) is 5.09. The highest BCUT2D eigenvalue weighted by Gasteiger charge is 2.25. The highest BCUT2D eigenvalue weighted by atomic mass is 16.5. The van der Waals surface area contributed by atoms with Crippen molar-refractivity contribution in [3.05, 3.63) is 53.6 Å². The van der Waals surface area contributed by atoms with Crippen molar-refractivity contribution < 1.29 is 14.2 Å². The van der Waals surface area contributed by atoms with Gasteiger partial charge in [0.1, 0.15) is 17.2 Å². The molecule has 0 fully saturated rings. The van der Waals surface area contributed by atoms with Crippen LogP contribution >= 0.6 is 0 Å². The number of hydrogen-bond donors (Lipinski definition) is 0. The van der Waals surface area contributed by atoms with E-state index in [4.69, 9.17) is 14.2 Å². The molecular weight excluding hydrogens is 276 g/mol. The standard InChI is InChI=1S/C19H24O3/c1-13(2)19(15-8-6-7-9-17(15)21-4)16-12-14(20-3)10-11-18(16)22-5/h6-13,19H,1-5H3. The van der Waals surface area contributed by atoms with Gasteiger partial charge in [0.25, 0.3) is 0 Å². The molecule has 3 heteroatoms. The van der Waals surface area contributed by atoms with E-state index in [9.17, 15) is 0 Å². The molecule has 0 aromatic heterocycles. The van der Waals surface area contributed by atoms with Crippen molar-refractivity contribution in [1.82, 2.24) is 0 Å². The van der Waals surface area contributed by atoms with Crippen molar-refractivity contribution >= 4 is 0 Å². The molecule has 3 nitrogen and oxygen atoms in total. The van der Waals surface area contributed by atoms with Crippen molar-refractivity contribution in [2.75, 3.05) is 21.3 Å². The van der Waals surface area contributed by atoms with Crippen LogP contribution in [0.2, 0.25) is 0 Å². The lowest BCUT2D eigenvalue weighted by Crippen LogP contribution is -2.11. The van der Waals surface area contributed by atoms with Crippen molar-refractivity contribution in [3.63, 3.8) is 0 Å². The van der Waals surface area contributed by atoms with E-state index in [-0.39, 0.29) is 5.92 Å². The average Bonchev–Trinajstić information content (AvgIpc) is 2.55. The van der Waals surface area contributed by atoms with Gasteiger partial charge in [0.15, 0.2) is 0 Å². The predicted octanol–water partition coefficient (Wildman–Crippen LogP) is 4.50. The van der Waals surface area contributed by atoms with E-state index in [0.717, 1.165) is 28.4 Å². The molecule has 22 heavy (non-hydrogen) atoms. The van der Waals surface area contributed by atoms with E-state index in [1.54, 1.807) is 21.3 Å². The minimum absolute atomic E-state index is 0.168. The smallest absolute Gasteiger partial charge is 0.122 e. The maximum Gasteiger partial charge on any atom is 0.122 e. The zero-order valence-electron chi connectivity index (χ0n) is 13.9. The first-order valence-corrected chi connectivity index (χ1v) is 7.47. The normalized spacial score (nSPS) is 12.1. The van der Waals surface area contributed by atoms with Crippen LogP contribution in [0, 0.1) is 5.92 Å². The lowest BCUT2D eigenvalue weighted by Gasteiger charge is -2.26. The van der Waals surface area contributed by atoms with Gasteiger partial charge in [-0.1, -0.05) is 32.0 Å². The molecule has 0 aliphatic carbocycles. The van der Waals surface area contributed by atoms with Crippen molar-refractivity contribution in [3.8, 4) is 17.2 Å². The third-order valence-corrected chi connectivity index (χ3v) is 3.91.